The summed E-state index contributed by atoms with van der Waals surface area (Å²) >= 11 is 0. The Labute approximate surface area is 175 Å². The van der Waals surface area contributed by atoms with Crippen LogP contribution in [-0.2, 0) is 22.6 Å². The fourth-order valence-corrected chi connectivity index (χ4v) is 3.93. The van der Waals surface area contributed by atoms with Crippen LogP contribution in [0.5, 0.6) is 0 Å². The van der Waals surface area contributed by atoms with E-state index < -0.39 is 17.7 Å². The molecule has 1 heterocycles. The largest absolute Gasteiger partial charge is 0.444 e. The van der Waals surface area contributed by atoms with Crippen LogP contribution in [0.2, 0.25) is 0 Å². The molecule has 1 aromatic carbocycles. The first-order valence-corrected chi connectivity index (χ1v) is 10.6. The van der Waals surface area contributed by atoms with Crippen LogP contribution in [0.25, 0.3) is 0 Å². The highest BCUT2D eigenvalue weighted by atomic mass is 16.6. The number of nitrogens with zero attached hydrogens (tertiary/aromatic N) is 1. The van der Waals surface area contributed by atoms with Gasteiger partial charge in [0.05, 0.1) is 0 Å². The lowest BCUT2D eigenvalue weighted by Crippen LogP contribution is -2.46. The van der Waals surface area contributed by atoms with Crippen molar-refractivity contribution >= 4 is 12.0 Å². The first-order chi connectivity index (χ1) is 13.5. The third kappa shape index (κ3) is 8.05. The van der Waals surface area contributed by atoms with Gasteiger partial charge in [0.1, 0.15) is 11.6 Å². The molecule has 6 nitrogen and oxygen atoms in total. The Bertz CT molecular complexity index is 689. The molecule has 0 bridgehead atoms. The summed E-state index contributed by atoms with van der Waals surface area (Å²) in [6.07, 6.45) is 0.699. The Hall–Kier alpha value is -2.08. The summed E-state index contributed by atoms with van der Waals surface area (Å²) in [6.45, 7) is 15.2. The molecule has 162 valence electrons. The molecule has 3 atom stereocenters. The zero-order valence-corrected chi connectivity index (χ0v) is 18.7. The van der Waals surface area contributed by atoms with E-state index in [0.29, 0.717) is 18.4 Å². The van der Waals surface area contributed by atoms with Crippen LogP contribution in [-0.4, -0.2) is 41.6 Å². The number of nitrogens with one attached hydrogen (secondary N) is 2. The number of piperidine rings is 1. The molecule has 1 aromatic rings. The van der Waals surface area contributed by atoms with Crippen LogP contribution in [0.3, 0.4) is 0 Å². The predicted molar refractivity (Wildman–Crippen MR) is 115 cm³/mol. The summed E-state index contributed by atoms with van der Waals surface area (Å²) in [5.74, 6) is 1.20. The molecule has 1 fully saturated rings. The van der Waals surface area contributed by atoms with Crippen LogP contribution < -0.4 is 10.6 Å². The molecular formula is C23H37N3O3. The van der Waals surface area contributed by atoms with Crippen LogP contribution in [0, 0.1) is 11.8 Å². The van der Waals surface area contributed by atoms with Gasteiger partial charge in [-0.15, -0.1) is 0 Å². The van der Waals surface area contributed by atoms with Crippen LogP contribution in [0.4, 0.5) is 4.79 Å². The van der Waals surface area contributed by atoms with Crippen LogP contribution in [0.1, 0.15) is 59.1 Å². The van der Waals surface area contributed by atoms with Gasteiger partial charge in [0.25, 0.3) is 0 Å². The molecule has 2 unspecified atom stereocenters. The molecule has 6 heteroatoms. The number of benzene rings is 1. The second-order valence-electron chi connectivity index (χ2n) is 9.49. The summed E-state index contributed by atoms with van der Waals surface area (Å²) in [5, 5.41) is 5.52. The Morgan fingerprint density at radius 3 is 2.31 bits per heavy atom. The van der Waals surface area contributed by atoms with Gasteiger partial charge < -0.3 is 15.4 Å². The van der Waals surface area contributed by atoms with Crippen molar-refractivity contribution in [1.29, 1.82) is 0 Å². The average Bonchev–Trinajstić information content (AvgIpc) is 2.58. The topological polar surface area (TPSA) is 70.7 Å². The van der Waals surface area contributed by atoms with E-state index in [1.807, 2.05) is 12.1 Å². The van der Waals surface area contributed by atoms with E-state index in [-0.39, 0.29) is 5.91 Å². The SMILES string of the molecule is CC1CC(C)CN(Cc2ccccc2CNC(=O)[C@@H](C)NC(=O)OC(C)(C)C)C1. The number of amides is 2. The molecule has 0 saturated carbocycles. The highest BCUT2D eigenvalue weighted by molar-refractivity contribution is 5.85. The molecule has 29 heavy (non-hydrogen) atoms. The molecule has 0 radical (unpaired) electrons. The molecule has 0 spiro atoms. The van der Waals surface area contributed by atoms with E-state index in [0.717, 1.165) is 25.2 Å². The minimum Gasteiger partial charge on any atom is -0.444 e. The molecule has 2 N–H and O–H groups in total. The van der Waals surface area contributed by atoms with Gasteiger partial charge in [-0.3, -0.25) is 9.69 Å². The summed E-state index contributed by atoms with van der Waals surface area (Å²) < 4.78 is 5.21. The number of alkyl carbamates (subject to hydrolysis) is 1. The van der Waals surface area contributed by atoms with Crippen molar-refractivity contribution in [3.05, 3.63) is 35.4 Å². The Balaban J connectivity index is 1.90. The zero-order chi connectivity index (χ0) is 21.6. The summed E-state index contributed by atoms with van der Waals surface area (Å²) in [5.41, 5.74) is 1.75. The van der Waals surface area contributed by atoms with E-state index >= 15 is 0 Å². The number of rotatable bonds is 6. The molecule has 1 aliphatic rings. The highest BCUT2D eigenvalue weighted by Gasteiger charge is 2.23. The lowest BCUT2D eigenvalue weighted by molar-refractivity contribution is -0.122. The molecule has 1 saturated heterocycles. The van der Waals surface area contributed by atoms with Gasteiger partial charge in [-0.2, -0.15) is 0 Å². The maximum Gasteiger partial charge on any atom is 0.408 e. The van der Waals surface area contributed by atoms with Gasteiger partial charge in [-0.1, -0.05) is 38.1 Å². The number of hydrogen-bond acceptors (Lipinski definition) is 4. The third-order valence-electron chi connectivity index (χ3n) is 5.04. The maximum absolute atomic E-state index is 12.4. The molecular weight excluding hydrogens is 366 g/mol. The summed E-state index contributed by atoms with van der Waals surface area (Å²) in [6, 6.07) is 7.56. The Morgan fingerprint density at radius 2 is 1.72 bits per heavy atom. The van der Waals surface area contributed by atoms with Gasteiger partial charge in [-0.05, 0) is 57.1 Å². The quantitative estimate of drug-likeness (QED) is 0.760. The van der Waals surface area contributed by atoms with Crippen molar-refractivity contribution in [1.82, 2.24) is 15.5 Å². The lowest BCUT2D eigenvalue weighted by Gasteiger charge is -2.35. The minimum atomic E-state index is -0.666. The molecule has 0 aliphatic carbocycles. The van der Waals surface area contributed by atoms with Crippen molar-refractivity contribution < 1.29 is 14.3 Å². The second-order valence-corrected chi connectivity index (χ2v) is 9.49. The van der Waals surface area contributed by atoms with Gasteiger partial charge >= 0.3 is 6.09 Å². The Morgan fingerprint density at radius 1 is 1.14 bits per heavy atom. The van der Waals surface area contributed by atoms with Crippen molar-refractivity contribution in [2.75, 3.05) is 13.1 Å². The van der Waals surface area contributed by atoms with E-state index in [1.54, 1.807) is 27.7 Å². The fraction of sp³-hybridized carbons (Fsp3) is 0.652. The summed E-state index contributed by atoms with van der Waals surface area (Å²) in [4.78, 5) is 26.8. The fourth-order valence-electron chi connectivity index (χ4n) is 3.93. The van der Waals surface area contributed by atoms with Crippen molar-refractivity contribution in [3.63, 3.8) is 0 Å². The van der Waals surface area contributed by atoms with Crippen molar-refractivity contribution in [2.45, 2.75) is 72.7 Å². The van der Waals surface area contributed by atoms with E-state index in [4.69, 9.17) is 4.74 Å². The molecule has 0 aromatic heterocycles. The van der Waals surface area contributed by atoms with Crippen molar-refractivity contribution in [2.24, 2.45) is 11.8 Å². The standard InChI is InChI=1S/C23H37N3O3/c1-16-11-17(2)14-26(13-16)15-20-10-8-7-9-19(20)12-24-21(27)18(3)25-22(28)29-23(4,5)6/h7-10,16-18H,11-15H2,1-6H3,(H,24,27)(H,25,28)/t16?,17?,18-/m1/s1. The number of likely N-dealkylation sites (tertiary alicyclic amines) is 1. The highest BCUT2D eigenvalue weighted by Crippen LogP contribution is 2.23. The molecule has 2 rings (SSSR count). The van der Waals surface area contributed by atoms with Gasteiger partial charge in [0, 0.05) is 26.2 Å². The van der Waals surface area contributed by atoms with Gasteiger partial charge in [-0.25, -0.2) is 4.79 Å². The first-order valence-electron chi connectivity index (χ1n) is 10.6. The van der Waals surface area contributed by atoms with Crippen LogP contribution in [0.15, 0.2) is 24.3 Å². The normalized spacial score (nSPS) is 21.3. The lowest BCUT2D eigenvalue weighted by atomic mass is 9.91. The number of carbonyl (C=O) groups is 2. The number of hydrogen-bond donors (Lipinski definition) is 2. The number of carbonyl (C=O) groups excluding carboxylic acids is 2. The van der Waals surface area contributed by atoms with Crippen LogP contribution >= 0.6 is 0 Å². The van der Waals surface area contributed by atoms with Gasteiger partial charge in [0.15, 0.2) is 0 Å². The average molecular weight is 404 g/mol. The minimum absolute atomic E-state index is 0.231. The van der Waals surface area contributed by atoms with E-state index in [2.05, 4.69) is 41.5 Å². The smallest absolute Gasteiger partial charge is 0.408 e. The summed E-state index contributed by atoms with van der Waals surface area (Å²) in [7, 11) is 0. The Kier molecular flexibility index (Phi) is 8.08. The van der Waals surface area contributed by atoms with Crippen molar-refractivity contribution in [3.8, 4) is 0 Å². The predicted octanol–water partition coefficient (Wildman–Crippen LogP) is 3.69. The molecule has 1 aliphatic heterocycles. The third-order valence-corrected chi connectivity index (χ3v) is 5.04. The first kappa shape index (κ1) is 23.2. The van der Waals surface area contributed by atoms with E-state index in [1.165, 1.54) is 12.0 Å². The van der Waals surface area contributed by atoms with E-state index in [9.17, 15) is 9.59 Å². The monoisotopic (exact) mass is 403 g/mol. The maximum atomic E-state index is 12.4. The second kappa shape index (κ2) is 10.1. The number of ether oxygens (including phenoxy) is 1. The molecule has 2 amide bonds. The van der Waals surface area contributed by atoms with Gasteiger partial charge in [0.2, 0.25) is 5.91 Å². The zero-order valence-electron chi connectivity index (χ0n) is 18.7.